The van der Waals surface area contributed by atoms with Crippen molar-refractivity contribution < 1.29 is 18.0 Å². The standard InChI is InChI=1S/C16H16F3N7O2/c1-10-20-6-8-25(10)7-2-5-21-15(28)11-9-22-26(14(11)16(17,18)19)12-3-4-13(27)24-23-12/h3-4,6,8-9H,2,5,7H2,1H3,(H,21,28)(H,24,27). The fraction of sp³-hybridized carbons (Fsp3) is 0.312. The molecule has 0 aromatic carbocycles. The molecule has 0 atom stereocenters. The SMILES string of the molecule is Cc1nccn1CCCNC(=O)c1cnn(-c2ccc(=O)[nH]n2)c1C(F)(F)F. The lowest BCUT2D eigenvalue weighted by Gasteiger charge is -2.12. The van der Waals surface area contributed by atoms with E-state index in [4.69, 9.17) is 0 Å². The first-order valence-corrected chi connectivity index (χ1v) is 8.24. The number of carbonyl (C=O) groups is 1. The minimum Gasteiger partial charge on any atom is -0.352 e. The van der Waals surface area contributed by atoms with Gasteiger partial charge in [0.05, 0.1) is 11.8 Å². The van der Waals surface area contributed by atoms with Crippen molar-refractivity contribution in [1.29, 1.82) is 0 Å². The van der Waals surface area contributed by atoms with Gasteiger partial charge in [-0.2, -0.15) is 23.4 Å². The van der Waals surface area contributed by atoms with Crippen LogP contribution in [0.3, 0.4) is 0 Å². The second kappa shape index (κ2) is 7.66. The smallest absolute Gasteiger partial charge is 0.352 e. The van der Waals surface area contributed by atoms with Crippen molar-refractivity contribution in [3.63, 3.8) is 0 Å². The highest BCUT2D eigenvalue weighted by Gasteiger charge is 2.40. The predicted molar refractivity (Wildman–Crippen MR) is 90.9 cm³/mol. The van der Waals surface area contributed by atoms with Gasteiger partial charge in [-0.25, -0.2) is 14.8 Å². The number of H-pyrrole nitrogens is 1. The van der Waals surface area contributed by atoms with Gasteiger partial charge in [-0.3, -0.25) is 9.59 Å². The van der Waals surface area contributed by atoms with E-state index in [1.807, 2.05) is 16.6 Å². The molecular formula is C16H16F3N7O2. The number of hydrogen-bond donors (Lipinski definition) is 2. The number of nitrogens with zero attached hydrogens (tertiary/aromatic N) is 5. The van der Waals surface area contributed by atoms with E-state index in [1.54, 1.807) is 12.4 Å². The van der Waals surface area contributed by atoms with Gasteiger partial charge >= 0.3 is 6.18 Å². The number of aromatic nitrogens is 6. The maximum absolute atomic E-state index is 13.5. The van der Waals surface area contributed by atoms with Gasteiger partial charge in [-0.05, 0) is 19.4 Å². The van der Waals surface area contributed by atoms with Crippen LogP contribution in [-0.2, 0) is 12.7 Å². The number of imidazole rings is 1. The van der Waals surface area contributed by atoms with Crippen molar-refractivity contribution in [2.24, 2.45) is 0 Å². The van der Waals surface area contributed by atoms with Crippen molar-refractivity contribution in [3.05, 3.63) is 58.2 Å². The van der Waals surface area contributed by atoms with Gasteiger partial charge in [0.15, 0.2) is 11.5 Å². The summed E-state index contributed by atoms with van der Waals surface area (Å²) in [5.74, 6) is -0.354. The third-order valence-corrected chi connectivity index (χ3v) is 3.95. The van der Waals surface area contributed by atoms with Gasteiger partial charge < -0.3 is 9.88 Å². The van der Waals surface area contributed by atoms with Crippen molar-refractivity contribution in [2.45, 2.75) is 26.1 Å². The molecule has 0 aliphatic heterocycles. The maximum Gasteiger partial charge on any atom is 0.434 e. The Morgan fingerprint density at radius 1 is 1.32 bits per heavy atom. The Balaban J connectivity index is 1.75. The van der Waals surface area contributed by atoms with Crippen LogP contribution in [0.4, 0.5) is 13.2 Å². The molecule has 0 unspecified atom stereocenters. The number of amides is 1. The molecule has 1 amide bonds. The molecular weight excluding hydrogens is 379 g/mol. The minimum atomic E-state index is -4.85. The average molecular weight is 395 g/mol. The summed E-state index contributed by atoms with van der Waals surface area (Å²) in [6.07, 6.45) is -0.0946. The van der Waals surface area contributed by atoms with Crippen LogP contribution in [0.25, 0.3) is 5.82 Å². The lowest BCUT2D eigenvalue weighted by atomic mass is 10.2. The van der Waals surface area contributed by atoms with Crippen LogP contribution in [-0.4, -0.2) is 42.0 Å². The molecule has 3 rings (SSSR count). The molecule has 0 radical (unpaired) electrons. The first-order chi connectivity index (χ1) is 13.3. The molecule has 0 fully saturated rings. The molecule has 0 spiro atoms. The van der Waals surface area contributed by atoms with E-state index in [-0.39, 0.29) is 12.4 Å². The zero-order chi connectivity index (χ0) is 20.3. The second-order valence-electron chi connectivity index (χ2n) is 5.87. The molecule has 12 heteroatoms. The number of hydrogen-bond acceptors (Lipinski definition) is 5. The lowest BCUT2D eigenvalue weighted by molar-refractivity contribution is -0.143. The highest BCUT2D eigenvalue weighted by molar-refractivity contribution is 5.95. The Bertz CT molecular complexity index is 1020. The van der Waals surface area contributed by atoms with Crippen molar-refractivity contribution in [3.8, 4) is 5.82 Å². The molecule has 0 aliphatic rings. The van der Waals surface area contributed by atoms with Crippen molar-refractivity contribution >= 4 is 5.91 Å². The number of halogens is 3. The molecule has 9 nitrogen and oxygen atoms in total. The number of aryl methyl sites for hydroxylation is 2. The van der Waals surface area contributed by atoms with Gasteiger partial charge in [0.2, 0.25) is 0 Å². The number of carbonyl (C=O) groups excluding carboxylic acids is 1. The molecule has 0 bridgehead atoms. The van der Waals surface area contributed by atoms with Crippen LogP contribution < -0.4 is 10.9 Å². The van der Waals surface area contributed by atoms with Crippen LogP contribution in [0.15, 0.2) is 35.5 Å². The Kier molecular flexibility index (Phi) is 5.29. The first-order valence-electron chi connectivity index (χ1n) is 8.24. The van der Waals surface area contributed by atoms with Crippen LogP contribution in [0, 0.1) is 6.92 Å². The summed E-state index contributed by atoms with van der Waals surface area (Å²) < 4.78 is 42.9. The van der Waals surface area contributed by atoms with E-state index in [0.717, 1.165) is 24.2 Å². The van der Waals surface area contributed by atoms with Crippen LogP contribution in [0.5, 0.6) is 0 Å². The van der Waals surface area contributed by atoms with E-state index in [9.17, 15) is 22.8 Å². The number of aromatic amines is 1. The summed E-state index contributed by atoms with van der Waals surface area (Å²) in [5, 5.41) is 11.6. The Hall–Kier alpha value is -3.44. The van der Waals surface area contributed by atoms with Gasteiger partial charge in [0, 0.05) is 31.5 Å². The largest absolute Gasteiger partial charge is 0.434 e. The van der Waals surface area contributed by atoms with E-state index < -0.39 is 28.9 Å². The molecule has 3 aromatic heterocycles. The maximum atomic E-state index is 13.5. The summed E-state index contributed by atoms with van der Waals surface area (Å²) >= 11 is 0. The predicted octanol–water partition coefficient (Wildman–Crippen LogP) is 1.30. The number of nitrogens with one attached hydrogen (secondary N) is 2. The molecule has 0 saturated heterocycles. The molecule has 28 heavy (non-hydrogen) atoms. The van der Waals surface area contributed by atoms with Crippen LogP contribution in [0.1, 0.15) is 28.3 Å². The molecule has 0 aliphatic carbocycles. The van der Waals surface area contributed by atoms with Crippen molar-refractivity contribution in [2.75, 3.05) is 6.54 Å². The summed E-state index contributed by atoms with van der Waals surface area (Å²) in [4.78, 5) is 27.4. The van der Waals surface area contributed by atoms with Crippen LogP contribution in [0.2, 0.25) is 0 Å². The van der Waals surface area contributed by atoms with Gasteiger partial charge in [0.25, 0.3) is 11.5 Å². The quantitative estimate of drug-likeness (QED) is 0.612. The highest BCUT2D eigenvalue weighted by Crippen LogP contribution is 2.33. The summed E-state index contributed by atoms with van der Waals surface area (Å²) in [7, 11) is 0. The van der Waals surface area contributed by atoms with E-state index in [2.05, 4.69) is 20.5 Å². The summed E-state index contributed by atoms with van der Waals surface area (Å²) in [5.41, 5.74) is -2.47. The Labute approximate surface area is 156 Å². The molecule has 0 saturated carbocycles. The van der Waals surface area contributed by atoms with Gasteiger partial charge in [-0.15, -0.1) is 0 Å². The van der Waals surface area contributed by atoms with Crippen molar-refractivity contribution in [1.82, 2.24) is 34.8 Å². The second-order valence-corrected chi connectivity index (χ2v) is 5.87. The summed E-state index contributed by atoms with van der Waals surface area (Å²) in [6, 6.07) is 2.10. The summed E-state index contributed by atoms with van der Waals surface area (Å²) in [6.45, 7) is 2.57. The molecule has 3 heterocycles. The number of alkyl halides is 3. The third kappa shape index (κ3) is 4.10. The highest BCUT2D eigenvalue weighted by atomic mass is 19.4. The Morgan fingerprint density at radius 2 is 2.11 bits per heavy atom. The van der Waals surface area contributed by atoms with Crippen LogP contribution >= 0.6 is 0 Å². The first kappa shape index (κ1) is 19.3. The molecule has 3 aromatic rings. The molecule has 2 N–H and O–H groups in total. The third-order valence-electron chi connectivity index (χ3n) is 3.95. The van der Waals surface area contributed by atoms with E-state index in [0.29, 0.717) is 17.6 Å². The average Bonchev–Trinajstić information content (AvgIpc) is 3.25. The van der Waals surface area contributed by atoms with E-state index in [1.165, 1.54) is 0 Å². The zero-order valence-corrected chi connectivity index (χ0v) is 14.7. The normalized spacial score (nSPS) is 11.6. The topological polar surface area (TPSA) is 110 Å². The fourth-order valence-corrected chi connectivity index (χ4v) is 2.60. The van der Waals surface area contributed by atoms with Gasteiger partial charge in [0.1, 0.15) is 5.82 Å². The number of rotatable bonds is 6. The zero-order valence-electron chi connectivity index (χ0n) is 14.7. The van der Waals surface area contributed by atoms with E-state index >= 15 is 0 Å². The minimum absolute atomic E-state index is 0.176. The monoisotopic (exact) mass is 395 g/mol. The fourth-order valence-electron chi connectivity index (χ4n) is 2.60. The molecule has 148 valence electrons. The van der Waals surface area contributed by atoms with Gasteiger partial charge in [-0.1, -0.05) is 0 Å². The lowest BCUT2D eigenvalue weighted by Crippen LogP contribution is -2.28. The Morgan fingerprint density at radius 3 is 2.71 bits per heavy atom.